The molecule has 1 aliphatic heterocycles. The number of ether oxygens (including phenoxy) is 4. The highest BCUT2D eigenvalue weighted by Gasteiger charge is 2.49. The van der Waals surface area contributed by atoms with Crippen LogP contribution in [0.15, 0.2) is 60.7 Å². The molecule has 1 aromatic heterocycles. The molecule has 8 heteroatoms. The van der Waals surface area contributed by atoms with Crippen LogP contribution in [0.2, 0.25) is 0 Å². The number of hydrogen-bond donors (Lipinski definition) is 1. The molecule has 1 atom stereocenters. The number of fused-ring (bicyclic) bond motifs is 1. The Kier molecular flexibility index (Phi) is 5.73. The summed E-state index contributed by atoms with van der Waals surface area (Å²) >= 11 is 0. The highest BCUT2D eigenvalue weighted by molar-refractivity contribution is 5.76. The molecule has 0 spiro atoms. The van der Waals surface area contributed by atoms with Crippen molar-refractivity contribution in [3.63, 3.8) is 0 Å². The van der Waals surface area contributed by atoms with Gasteiger partial charge in [-0.25, -0.2) is 4.79 Å². The summed E-state index contributed by atoms with van der Waals surface area (Å²) in [4.78, 5) is 21.1. The van der Waals surface area contributed by atoms with Gasteiger partial charge >= 0.3 is 12.0 Å². The largest absolute Gasteiger partial charge is 0.486 e. The summed E-state index contributed by atoms with van der Waals surface area (Å²) in [7, 11) is 2.91. The lowest BCUT2D eigenvalue weighted by Crippen LogP contribution is -2.50. The van der Waals surface area contributed by atoms with Crippen molar-refractivity contribution >= 4 is 5.97 Å². The first-order valence-electron chi connectivity index (χ1n) is 9.73. The second-order valence-electron chi connectivity index (χ2n) is 6.90. The van der Waals surface area contributed by atoms with Crippen LogP contribution in [0.5, 0.6) is 17.6 Å². The standard InChI is InChI=1S/C23H22N2O6/c1-28-20-18-17(13-14-30-18)24-22(25-20)31-19(21(26)27)23(29-2,15-9-5-3-6-10-15)16-11-7-4-8-12-16/h3-12,19H,13-14H2,1-2H3,(H,26,27). The molecule has 0 fully saturated rings. The van der Waals surface area contributed by atoms with E-state index in [1.807, 2.05) is 36.4 Å². The van der Waals surface area contributed by atoms with Crippen LogP contribution < -0.4 is 14.2 Å². The van der Waals surface area contributed by atoms with E-state index in [0.29, 0.717) is 35.6 Å². The Morgan fingerprint density at radius 1 is 1.03 bits per heavy atom. The molecule has 2 aromatic carbocycles. The molecule has 0 saturated carbocycles. The molecule has 1 aliphatic rings. The van der Waals surface area contributed by atoms with E-state index in [9.17, 15) is 9.90 Å². The molecule has 1 N–H and O–H groups in total. The van der Waals surface area contributed by atoms with E-state index >= 15 is 0 Å². The van der Waals surface area contributed by atoms with Gasteiger partial charge in [-0.2, -0.15) is 9.97 Å². The maximum atomic E-state index is 12.5. The number of nitrogens with zero attached hydrogens (tertiary/aromatic N) is 2. The van der Waals surface area contributed by atoms with Gasteiger partial charge in [-0.05, 0) is 11.1 Å². The molecule has 0 amide bonds. The third kappa shape index (κ3) is 3.66. The second kappa shape index (κ2) is 8.61. The minimum atomic E-state index is -1.49. The molecule has 0 aliphatic carbocycles. The minimum Gasteiger partial charge on any atom is -0.486 e. The van der Waals surface area contributed by atoms with Crippen LogP contribution in [0, 0.1) is 0 Å². The number of carboxylic acids is 1. The van der Waals surface area contributed by atoms with Crippen LogP contribution in [0.4, 0.5) is 0 Å². The van der Waals surface area contributed by atoms with Crippen molar-refractivity contribution in [3.8, 4) is 17.6 Å². The fourth-order valence-corrected chi connectivity index (χ4v) is 3.80. The lowest BCUT2D eigenvalue weighted by molar-refractivity contribution is -0.160. The van der Waals surface area contributed by atoms with Crippen molar-refractivity contribution in [2.45, 2.75) is 18.1 Å². The molecule has 31 heavy (non-hydrogen) atoms. The van der Waals surface area contributed by atoms with Gasteiger partial charge in [0.2, 0.25) is 11.9 Å². The summed E-state index contributed by atoms with van der Waals surface area (Å²) in [5.74, 6) is -0.580. The van der Waals surface area contributed by atoms with Gasteiger partial charge < -0.3 is 24.1 Å². The highest BCUT2D eigenvalue weighted by Crippen LogP contribution is 2.40. The average Bonchev–Trinajstić information content (AvgIpc) is 3.29. The van der Waals surface area contributed by atoms with E-state index < -0.39 is 17.7 Å². The molecule has 2 heterocycles. The van der Waals surface area contributed by atoms with Gasteiger partial charge in [0, 0.05) is 13.5 Å². The Hall–Kier alpha value is -3.65. The average molecular weight is 422 g/mol. The zero-order valence-electron chi connectivity index (χ0n) is 17.1. The number of rotatable bonds is 8. The first-order valence-corrected chi connectivity index (χ1v) is 9.73. The summed E-state index contributed by atoms with van der Waals surface area (Å²) in [5.41, 5.74) is 0.383. The van der Waals surface area contributed by atoms with Crippen molar-refractivity contribution in [3.05, 3.63) is 77.5 Å². The number of aromatic nitrogens is 2. The zero-order valence-corrected chi connectivity index (χ0v) is 17.1. The predicted molar refractivity (Wildman–Crippen MR) is 111 cm³/mol. The number of hydrogen-bond acceptors (Lipinski definition) is 7. The Balaban J connectivity index is 1.85. The molecular weight excluding hydrogens is 400 g/mol. The van der Waals surface area contributed by atoms with Crippen molar-refractivity contribution in [1.82, 2.24) is 9.97 Å². The second-order valence-corrected chi connectivity index (χ2v) is 6.90. The van der Waals surface area contributed by atoms with Crippen LogP contribution in [0.1, 0.15) is 16.8 Å². The Bertz CT molecular complexity index is 1020. The van der Waals surface area contributed by atoms with Crippen LogP contribution in [0.3, 0.4) is 0 Å². The highest BCUT2D eigenvalue weighted by atomic mass is 16.6. The number of carboxylic acid groups (broad SMARTS) is 1. The van der Waals surface area contributed by atoms with Crippen molar-refractivity contribution in [1.29, 1.82) is 0 Å². The third-order valence-corrected chi connectivity index (χ3v) is 5.21. The fraction of sp³-hybridized carbons (Fsp3) is 0.261. The first kappa shape index (κ1) is 20.6. The predicted octanol–water partition coefficient (Wildman–Crippen LogP) is 2.84. The third-order valence-electron chi connectivity index (χ3n) is 5.21. The van der Waals surface area contributed by atoms with Gasteiger partial charge in [-0.15, -0.1) is 0 Å². The van der Waals surface area contributed by atoms with E-state index in [2.05, 4.69) is 9.97 Å². The van der Waals surface area contributed by atoms with Crippen molar-refractivity contribution in [2.75, 3.05) is 20.8 Å². The molecule has 0 saturated heterocycles. The van der Waals surface area contributed by atoms with Crippen molar-refractivity contribution < 1.29 is 28.8 Å². The molecule has 4 rings (SSSR count). The molecule has 8 nitrogen and oxygen atoms in total. The first-order chi connectivity index (χ1) is 15.1. The summed E-state index contributed by atoms with van der Waals surface area (Å²) < 4.78 is 22.7. The van der Waals surface area contributed by atoms with E-state index in [1.165, 1.54) is 14.2 Å². The van der Waals surface area contributed by atoms with Gasteiger partial charge in [-0.1, -0.05) is 60.7 Å². The van der Waals surface area contributed by atoms with Crippen LogP contribution >= 0.6 is 0 Å². The topological polar surface area (TPSA) is 100 Å². The summed E-state index contributed by atoms with van der Waals surface area (Å²) in [6, 6.07) is 18.0. The number of methoxy groups -OCH3 is 2. The van der Waals surface area contributed by atoms with E-state index in [4.69, 9.17) is 18.9 Å². The van der Waals surface area contributed by atoms with Gasteiger partial charge in [0.25, 0.3) is 5.88 Å². The van der Waals surface area contributed by atoms with Crippen LogP contribution in [-0.2, 0) is 21.6 Å². The maximum absolute atomic E-state index is 12.5. The lowest BCUT2D eigenvalue weighted by Gasteiger charge is -2.37. The fourth-order valence-electron chi connectivity index (χ4n) is 3.80. The molecular formula is C23H22N2O6. The SMILES string of the molecule is COc1nc(OC(C(=O)O)C(OC)(c2ccccc2)c2ccccc2)nc2c1OCC2. The molecule has 3 aromatic rings. The number of benzene rings is 2. The Labute approximate surface area is 179 Å². The molecule has 160 valence electrons. The van der Waals surface area contributed by atoms with Crippen molar-refractivity contribution in [2.24, 2.45) is 0 Å². The smallest absolute Gasteiger partial charge is 0.348 e. The molecule has 1 unspecified atom stereocenters. The molecule has 0 bridgehead atoms. The number of carbonyl (C=O) groups is 1. The lowest BCUT2D eigenvalue weighted by atomic mass is 9.81. The Morgan fingerprint density at radius 3 is 2.16 bits per heavy atom. The monoisotopic (exact) mass is 422 g/mol. The van der Waals surface area contributed by atoms with Gasteiger partial charge in [0.1, 0.15) is 0 Å². The minimum absolute atomic E-state index is 0.123. The quantitative estimate of drug-likeness (QED) is 0.592. The van der Waals surface area contributed by atoms with E-state index in [-0.39, 0.29) is 11.9 Å². The van der Waals surface area contributed by atoms with E-state index in [0.717, 1.165) is 0 Å². The van der Waals surface area contributed by atoms with Crippen LogP contribution in [-0.4, -0.2) is 48.0 Å². The normalized spacial score (nSPS) is 13.7. The van der Waals surface area contributed by atoms with Crippen LogP contribution in [0.25, 0.3) is 0 Å². The summed E-state index contributed by atoms with van der Waals surface area (Å²) in [5, 5.41) is 10.2. The maximum Gasteiger partial charge on any atom is 0.348 e. The Morgan fingerprint density at radius 2 is 1.65 bits per heavy atom. The summed E-state index contributed by atoms with van der Waals surface area (Å²) in [6.07, 6.45) is -0.942. The van der Waals surface area contributed by atoms with E-state index in [1.54, 1.807) is 24.3 Å². The zero-order chi connectivity index (χ0) is 21.8. The number of aliphatic carboxylic acids is 1. The summed E-state index contributed by atoms with van der Waals surface area (Å²) in [6.45, 7) is 0.447. The van der Waals surface area contributed by atoms with Gasteiger partial charge in [0.05, 0.1) is 19.4 Å². The van der Waals surface area contributed by atoms with Gasteiger partial charge in [0.15, 0.2) is 5.60 Å². The molecule has 0 radical (unpaired) electrons. The van der Waals surface area contributed by atoms with Gasteiger partial charge in [-0.3, -0.25) is 0 Å².